The van der Waals surface area contributed by atoms with Gasteiger partial charge in [-0.25, -0.2) is 0 Å². The van der Waals surface area contributed by atoms with Crippen LogP contribution < -0.4 is 5.32 Å². The van der Waals surface area contributed by atoms with Crippen molar-refractivity contribution in [3.63, 3.8) is 0 Å². The molecule has 3 nitrogen and oxygen atoms in total. The van der Waals surface area contributed by atoms with Crippen molar-refractivity contribution >= 4 is 32.5 Å². The minimum Gasteiger partial charge on any atom is -0.381 e. The van der Waals surface area contributed by atoms with Gasteiger partial charge in [0, 0.05) is 22.1 Å². The largest absolute Gasteiger partial charge is 0.381 e. The molecular weight excluding hydrogens is 302 g/mol. The van der Waals surface area contributed by atoms with Crippen LogP contribution in [0.4, 0.5) is 5.69 Å². The maximum Gasteiger partial charge on any atom is 0.0670 e. The predicted octanol–water partition coefficient (Wildman–Crippen LogP) is 4.25. The van der Waals surface area contributed by atoms with Gasteiger partial charge < -0.3 is 5.32 Å². The number of aromatic nitrogens is 2. The van der Waals surface area contributed by atoms with Crippen molar-refractivity contribution in [1.29, 1.82) is 0 Å². The SMILES string of the molecule is Cc1cc(CNc2ccc3cn[nH]c3c2)ccc1Br. The summed E-state index contributed by atoms with van der Waals surface area (Å²) < 4.78 is 1.15. The molecule has 0 saturated heterocycles. The van der Waals surface area contributed by atoms with Gasteiger partial charge in [-0.1, -0.05) is 28.1 Å². The molecule has 0 spiro atoms. The highest BCUT2D eigenvalue weighted by Crippen LogP contribution is 2.19. The zero-order chi connectivity index (χ0) is 13.2. The lowest BCUT2D eigenvalue weighted by molar-refractivity contribution is 1.12. The minimum absolute atomic E-state index is 0.813. The van der Waals surface area contributed by atoms with Crippen LogP contribution in [0.2, 0.25) is 0 Å². The number of nitrogens with zero attached hydrogens (tertiary/aromatic N) is 1. The van der Waals surface area contributed by atoms with Crippen molar-refractivity contribution in [3.05, 3.63) is 58.2 Å². The monoisotopic (exact) mass is 315 g/mol. The summed E-state index contributed by atoms with van der Waals surface area (Å²) >= 11 is 3.52. The first-order chi connectivity index (χ1) is 9.22. The van der Waals surface area contributed by atoms with E-state index in [0.717, 1.165) is 27.6 Å². The zero-order valence-electron chi connectivity index (χ0n) is 10.6. The van der Waals surface area contributed by atoms with Gasteiger partial charge in [-0.05, 0) is 42.3 Å². The summed E-state index contributed by atoms with van der Waals surface area (Å²) in [5, 5.41) is 11.6. The Labute approximate surface area is 120 Å². The van der Waals surface area contributed by atoms with E-state index in [0.29, 0.717) is 0 Å². The third-order valence-corrected chi connectivity index (χ3v) is 4.05. The number of rotatable bonds is 3. The number of aryl methyl sites for hydroxylation is 1. The standard InChI is InChI=1S/C15H14BrN3/c1-10-6-11(2-5-14(10)16)8-17-13-4-3-12-9-18-19-15(12)7-13/h2-7,9,17H,8H2,1H3,(H,18,19). The van der Waals surface area contributed by atoms with Crippen LogP contribution in [0, 0.1) is 6.92 Å². The van der Waals surface area contributed by atoms with Gasteiger partial charge in [-0.2, -0.15) is 5.10 Å². The third kappa shape index (κ3) is 2.63. The molecule has 0 amide bonds. The fourth-order valence-corrected chi connectivity index (χ4v) is 2.31. The summed E-state index contributed by atoms with van der Waals surface area (Å²) in [5.41, 5.74) is 4.67. The molecule has 0 atom stereocenters. The van der Waals surface area contributed by atoms with Crippen molar-refractivity contribution in [2.75, 3.05) is 5.32 Å². The first kappa shape index (κ1) is 12.2. The molecule has 0 unspecified atom stereocenters. The quantitative estimate of drug-likeness (QED) is 0.758. The molecule has 2 N–H and O–H groups in total. The van der Waals surface area contributed by atoms with Crippen LogP contribution in [0.3, 0.4) is 0 Å². The Balaban J connectivity index is 1.75. The summed E-state index contributed by atoms with van der Waals surface area (Å²) in [7, 11) is 0. The van der Waals surface area contributed by atoms with Crippen LogP contribution in [0.15, 0.2) is 47.1 Å². The third-order valence-electron chi connectivity index (χ3n) is 3.16. The summed E-state index contributed by atoms with van der Waals surface area (Å²) in [6, 6.07) is 12.6. The molecule has 0 aliphatic carbocycles. The number of hydrogen-bond donors (Lipinski definition) is 2. The molecule has 3 aromatic rings. The average molecular weight is 316 g/mol. The lowest BCUT2D eigenvalue weighted by Crippen LogP contribution is -1.99. The summed E-state index contributed by atoms with van der Waals surface area (Å²) in [4.78, 5) is 0. The van der Waals surface area contributed by atoms with E-state index >= 15 is 0 Å². The van der Waals surface area contributed by atoms with E-state index in [1.807, 2.05) is 6.20 Å². The molecule has 0 radical (unpaired) electrons. The Bertz CT molecular complexity index is 718. The molecule has 1 aromatic heterocycles. The molecule has 0 saturated carbocycles. The molecule has 1 heterocycles. The molecule has 0 bridgehead atoms. The number of H-pyrrole nitrogens is 1. The van der Waals surface area contributed by atoms with Crippen molar-refractivity contribution in [2.45, 2.75) is 13.5 Å². The van der Waals surface area contributed by atoms with E-state index < -0.39 is 0 Å². The Kier molecular flexibility index (Phi) is 3.25. The average Bonchev–Trinajstić information content (AvgIpc) is 2.87. The molecule has 0 fully saturated rings. The number of benzene rings is 2. The summed E-state index contributed by atoms with van der Waals surface area (Å²) in [6.07, 6.45) is 1.83. The number of hydrogen-bond acceptors (Lipinski definition) is 2. The highest BCUT2D eigenvalue weighted by atomic mass is 79.9. The van der Waals surface area contributed by atoms with Gasteiger partial charge >= 0.3 is 0 Å². The van der Waals surface area contributed by atoms with Gasteiger partial charge in [0.1, 0.15) is 0 Å². The van der Waals surface area contributed by atoms with Crippen LogP contribution in [0.5, 0.6) is 0 Å². The van der Waals surface area contributed by atoms with Crippen molar-refractivity contribution in [2.24, 2.45) is 0 Å². The van der Waals surface area contributed by atoms with E-state index in [1.165, 1.54) is 11.1 Å². The minimum atomic E-state index is 0.813. The smallest absolute Gasteiger partial charge is 0.0670 e. The van der Waals surface area contributed by atoms with E-state index in [1.54, 1.807) is 0 Å². The zero-order valence-corrected chi connectivity index (χ0v) is 12.2. The molecule has 3 rings (SSSR count). The topological polar surface area (TPSA) is 40.7 Å². The molecule has 96 valence electrons. The van der Waals surface area contributed by atoms with E-state index in [-0.39, 0.29) is 0 Å². The van der Waals surface area contributed by atoms with Gasteiger partial charge in [0.25, 0.3) is 0 Å². The molecular formula is C15H14BrN3. The van der Waals surface area contributed by atoms with Gasteiger partial charge in [-0.3, -0.25) is 5.10 Å². The normalized spacial score (nSPS) is 10.8. The predicted molar refractivity (Wildman–Crippen MR) is 82.3 cm³/mol. The van der Waals surface area contributed by atoms with Gasteiger partial charge in [0.2, 0.25) is 0 Å². The van der Waals surface area contributed by atoms with Crippen LogP contribution >= 0.6 is 15.9 Å². The summed E-state index contributed by atoms with van der Waals surface area (Å²) in [5.74, 6) is 0. The molecule has 0 aliphatic rings. The first-order valence-electron chi connectivity index (χ1n) is 6.14. The Morgan fingerprint density at radius 1 is 1.21 bits per heavy atom. The van der Waals surface area contributed by atoms with Gasteiger partial charge in [0.15, 0.2) is 0 Å². The van der Waals surface area contributed by atoms with Crippen molar-refractivity contribution in [3.8, 4) is 0 Å². The van der Waals surface area contributed by atoms with E-state index in [2.05, 4.69) is 74.8 Å². The van der Waals surface area contributed by atoms with Crippen LogP contribution in [0.25, 0.3) is 10.9 Å². The first-order valence-corrected chi connectivity index (χ1v) is 6.94. The fraction of sp³-hybridized carbons (Fsp3) is 0.133. The molecule has 4 heteroatoms. The van der Waals surface area contributed by atoms with Gasteiger partial charge in [0.05, 0.1) is 11.7 Å². The Morgan fingerprint density at radius 2 is 2.11 bits per heavy atom. The van der Waals surface area contributed by atoms with Gasteiger partial charge in [-0.15, -0.1) is 0 Å². The second-order valence-electron chi connectivity index (χ2n) is 4.61. The Hall–Kier alpha value is -1.81. The maximum atomic E-state index is 4.02. The van der Waals surface area contributed by atoms with Crippen molar-refractivity contribution < 1.29 is 0 Å². The highest BCUT2D eigenvalue weighted by Gasteiger charge is 2.00. The number of anilines is 1. The molecule has 0 aliphatic heterocycles. The number of fused-ring (bicyclic) bond motifs is 1. The van der Waals surface area contributed by atoms with E-state index in [9.17, 15) is 0 Å². The maximum absolute atomic E-state index is 4.02. The Morgan fingerprint density at radius 3 is 2.95 bits per heavy atom. The number of aromatic amines is 1. The van der Waals surface area contributed by atoms with Crippen LogP contribution in [0.1, 0.15) is 11.1 Å². The number of halogens is 1. The second-order valence-corrected chi connectivity index (χ2v) is 5.46. The van der Waals surface area contributed by atoms with Crippen molar-refractivity contribution in [1.82, 2.24) is 10.2 Å². The summed E-state index contributed by atoms with van der Waals surface area (Å²) in [6.45, 7) is 2.91. The lowest BCUT2D eigenvalue weighted by Gasteiger charge is -2.08. The van der Waals surface area contributed by atoms with E-state index in [4.69, 9.17) is 0 Å². The second kappa shape index (κ2) is 5.05. The number of nitrogens with one attached hydrogen (secondary N) is 2. The molecule has 19 heavy (non-hydrogen) atoms. The molecule has 2 aromatic carbocycles. The van der Waals surface area contributed by atoms with Crippen LogP contribution in [-0.2, 0) is 6.54 Å². The van der Waals surface area contributed by atoms with Crippen LogP contribution in [-0.4, -0.2) is 10.2 Å². The lowest BCUT2D eigenvalue weighted by atomic mass is 10.1. The fourth-order valence-electron chi connectivity index (χ4n) is 2.07. The highest BCUT2D eigenvalue weighted by molar-refractivity contribution is 9.10.